The first-order valence-corrected chi connectivity index (χ1v) is 40.2. The number of fused-ring (bicyclic) bond motifs is 4. The molecule has 4 unspecified atom stereocenters. The van der Waals surface area contributed by atoms with E-state index in [1.807, 2.05) is 0 Å². The van der Waals surface area contributed by atoms with Crippen LogP contribution < -0.4 is 39.7 Å². The molecule has 8 aromatic carbocycles. The summed E-state index contributed by atoms with van der Waals surface area (Å²) in [6.07, 6.45) is 36.4. The van der Waals surface area contributed by atoms with E-state index >= 15 is 0 Å². The van der Waals surface area contributed by atoms with Crippen molar-refractivity contribution >= 4 is 79.7 Å². The minimum atomic E-state index is -1.08. The summed E-state index contributed by atoms with van der Waals surface area (Å²) in [5.41, 5.74) is 26.7. The summed E-state index contributed by atoms with van der Waals surface area (Å²) in [6.45, 7) is 22.7. The van der Waals surface area contributed by atoms with Crippen LogP contribution in [0.15, 0.2) is 170 Å². The number of hydrogen-bond acceptors (Lipinski definition) is 4. The van der Waals surface area contributed by atoms with E-state index in [-0.39, 0.29) is 23.7 Å². The second-order valence-electron chi connectivity index (χ2n) is 23.4. The third-order valence-electron chi connectivity index (χ3n) is 18.0. The average molecular weight is 1300 g/mol. The van der Waals surface area contributed by atoms with Gasteiger partial charge in [0.15, 0.2) is 0 Å². The van der Waals surface area contributed by atoms with Gasteiger partial charge in [0.25, 0.3) is 0 Å². The Morgan fingerprint density at radius 3 is 0.724 bits per heavy atom. The molecule has 9 heteroatoms. The summed E-state index contributed by atoms with van der Waals surface area (Å²) in [5, 5.41) is 6.13. The molecule has 0 bridgehead atoms. The van der Waals surface area contributed by atoms with E-state index in [0.29, 0.717) is 0 Å². The Balaban J connectivity index is 0.000000184. The summed E-state index contributed by atoms with van der Waals surface area (Å²) < 4.78 is 22.2. The third-order valence-corrected chi connectivity index (χ3v) is 23.7. The van der Waals surface area contributed by atoms with E-state index in [4.69, 9.17) is 36.0 Å². The van der Waals surface area contributed by atoms with E-state index in [0.717, 1.165) is 23.0 Å². The molecular weight excluding hydrogens is 1220 g/mol. The first kappa shape index (κ1) is 63.3. The fourth-order valence-corrected chi connectivity index (χ4v) is 19.9. The van der Waals surface area contributed by atoms with Crippen molar-refractivity contribution in [1.82, 2.24) is 0 Å². The third kappa shape index (κ3) is 12.7. The van der Waals surface area contributed by atoms with Crippen LogP contribution in [0.25, 0.3) is 24.3 Å². The van der Waals surface area contributed by atoms with Gasteiger partial charge < -0.3 is 18.9 Å². The van der Waals surface area contributed by atoms with Gasteiger partial charge in [-0.05, 0) is 120 Å². The first-order chi connectivity index (χ1) is 42.0. The van der Waals surface area contributed by atoms with Gasteiger partial charge in [-0.15, -0.1) is 91.6 Å². The molecule has 0 saturated carbocycles. The summed E-state index contributed by atoms with van der Waals surface area (Å²) in [6, 6.07) is 36.2. The second-order valence-corrected chi connectivity index (χ2v) is 31.6. The maximum atomic E-state index is 5.55. The molecule has 0 fully saturated rings. The predicted molar refractivity (Wildman–Crippen MR) is 372 cm³/mol. The van der Waals surface area contributed by atoms with Crippen molar-refractivity contribution in [2.75, 3.05) is 28.4 Å². The molecule has 87 heavy (non-hydrogen) atoms. The van der Waals surface area contributed by atoms with Gasteiger partial charge in [0.2, 0.25) is 0 Å². The Morgan fingerprint density at radius 1 is 0.333 bits per heavy atom. The van der Waals surface area contributed by atoms with E-state index < -0.39 is 38.4 Å². The number of aryl methyl sites for hydroxylation is 8. The average Bonchev–Trinajstić information content (AvgIpc) is 2.02. The van der Waals surface area contributed by atoms with Crippen molar-refractivity contribution in [3.05, 3.63) is 281 Å². The number of methoxy groups -OCH3 is 4. The topological polar surface area (TPSA) is 36.9 Å². The zero-order valence-corrected chi connectivity index (χ0v) is 58.6. The number of halogens is 2. The molecule has 8 aromatic rings. The van der Waals surface area contributed by atoms with Crippen LogP contribution in [0.1, 0.15) is 135 Å². The molecule has 0 spiro atoms. The van der Waals surface area contributed by atoms with E-state index in [2.05, 4.69) is 263 Å². The van der Waals surface area contributed by atoms with Crippen molar-refractivity contribution in [2.45, 2.75) is 92.2 Å². The Kier molecular flexibility index (Phi) is 20.2. The number of benzene rings is 4. The molecule has 0 aliphatic heterocycles. The van der Waals surface area contributed by atoms with Gasteiger partial charge in [0, 0.05) is 17.6 Å². The van der Waals surface area contributed by atoms with Crippen molar-refractivity contribution in [3.8, 4) is 23.0 Å². The number of hydrogen-bond donors (Lipinski definition) is 0. The monoisotopic (exact) mass is 1290 g/mol. The Bertz CT molecular complexity index is 3580. The molecule has 444 valence electrons. The van der Waals surface area contributed by atoms with Crippen LogP contribution in [-0.4, -0.2) is 46.0 Å². The van der Waals surface area contributed by atoms with Crippen LogP contribution in [0.4, 0.5) is 0 Å². The molecule has 4 aliphatic rings. The molecule has 0 aromatic heterocycles. The second kappa shape index (κ2) is 27.8. The van der Waals surface area contributed by atoms with Gasteiger partial charge in [-0.3, -0.25) is 0 Å². The van der Waals surface area contributed by atoms with Crippen molar-refractivity contribution in [2.24, 2.45) is 0 Å². The predicted octanol–water partition coefficient (Wildman–Crippen LogP) is 17.5. The SMILES string of the molecule is COc1ccc(C2C=CC=Cc3c2cc(C)[c-]3[Si](C)[c-]2c(C)cc3c2C=CC=CC3c2ccc(OC)c(C)c2)cc1C.COc1ccc(C2C=CC=Cc3c2cc(C)[c-]3[Si](C)[c-]2c(C)cc3c2C=CC=CC3c2ccc(OC)c(C)c2)cc1C.[Cl][Zr][Cl]. The van der Waals surface area contributed by atoms with Crippen molar-refractivity contribution < 1.29 is 39.8 Å². The quantitative estimate of drug-likeness (QED) is 0.0902. The Morgan fingerprint density at radius 2 is 0.540 bits per heavy atom. The van der Waals surface area contributed by atoms with Crippen LogP contribution in [0.2, 0.25) is 13.1 Å². The molecule has 2 radical (unpaired) electrons. The zero-order valence-electron chi connectivity index (χ0n) is 52.7. The number of allylic oxidation sites excluding steroid dienone is 12. The molecule has 4 aliphatic carbocycles. The van der Waals surface area contributed by atoms with Crippen LogP contribution >= 0.6 is 17.0 Å². The fraction of sp³-hybridized carbons (Fsp3) is 0.231. The molecule has 0 amide bonds. The summed E-state index contributed by atoms with van der Waals surface area (Å²) in [4.78, 5) is 0. The molecule has 0 N–H and O–H groups in total. The molecule has 4 nitrogen and oxygen atoms in total. The van der Waals surface area contributed by atoms with Crippen molar-refractivity contribution in [1.29, 1.82) is 0 Å². The van der Waals surface area contributed by atoms with E-state index in [1.54, 1.807) is 28.4 Å². The summed E-state index contributed by atoms with van der Waals surface area (Å²) >= 11 is -0.826. The summed E-state index contributed by atoms with van der Waals surface area (Å²) in [5.74, 6) is 4.60. The first-order valence-electron chi connectivity index (χ1n) is 29.9. The van der Waals surface area contributed by atoms with Gasteiger partial charge >= 0.3 is 37.9 Å². The van der Waals surface area contributed by atoms with Crippen LogP contribution in [0.3, 0.4) is 0 Å². The normalized spacial score (nSPS) is 16.8. The minimum absolute atomic E-state index is 0.214. The van der Waals surface area contributed by atoms with E-state index in [1.165, 1.54) is 132 Å². The maximum absolute atomic E-state index is 5.55. The van der Waals surface area contributed by atoms with E-state index in [9.17, 15) is 0 Å². The molecule has 12 rings (SSSR count). The number of rotatable bonds is 12. The Labute approximate surface area is 539 Å². The van der Waals surface area contributed by atoms with Gasteiger partial charge in [-0.25, -0.2) is 0 Å². The fourth-order valence-electron chi connectivity index (χ4n) is 14.2. The van der Waals surface area contributed by atoms with Gasteiger partial charge in [0.1, 0.15) is 23.0 Å². The van der Waals surface area contributed by atoms with Crippen LogP contribution in [0.5, 0.6) is 23.0 Å². The molecule has 0 heterocycles. The van der Waals surface area contributed by atoms with Gasteiger partial charge in [0.05, 0.1) is 28.4 Å². The molecule has 0 saturated heterocycles. The Hall–Kier alpha value is -6.70. The van der Waals surface area contributed by atoms with Gasteiger partial charge in [-0.2, -0.15) is 68.8 Å². The standard InChI is InChI=1S/2C39H39O2Si.2ClH.Zr/c2*1-24-20-28(16-18-36(24)40-5)30-12-8-10-14-32-34(30)22-26(3)38(32)42(7)39-27(4)23-35-31(13-9-11-15-33(35)39)29-17-19-37(41-6)25(2)21-29;;;/h2*8-23,30-31H,1-7H3;2*1H;/q2*-2;;;+2/p-2. The molecule has 4 atom stereocenters. The van der Waals surface area contributed by atoms with Gasteiger partial charge in [-0.1, -0.05) is 138 Å². The zero-order chi connectivity index (χ0) is 61.8. The van der Waals surface area contributed by atoms with Crippen molar-refractivity contribution in [3.63, 3.8) is 0 Å². The molecular formula is C78H78Cl2O4Si2Zr-4. The van der Waals surface area contributed by atoms with Crippen LogP contribution in [-0.2, 0) is 20.8 Å². The van der Waals surface area contributed by atoms with Crippen LogP contribution in [0, 0.1) is 55.4 Å². The number of ether oxygens (including phenoxy) is 4. The summed E-state index contributed by atoms with van der Waals surface area (Å²) in [7, 11) is 14.7.